The average molecular weight is 368 g/mol. The number of nitrogens with one attached hydrogen (secondary N) is 3. The van der Waals surface area contributed by atoms with E-state index in [2.05, 4.69) is 38.8 Å². The number of halogens is 1. The summed E-state index contributed by atoms with van der Waals surface area (Å²) in [4.78, 5) is 18.1. The highest BCUT2D eigenvalue weighted by Crippen LogP contribution is 2.18. The van der Waals surface area contributed by atoms with Gasteiger partial charge in [-0.2, -0.15) is 0 Å². The zero-order valence-corrected chi connectivity index (χ0v) is 12.3. The molecule has 5 nitrogen and oxygen atoms in total. The van der Waals surface area contributed by atoms with Crippen LogP contribution < -0.4 is 16.2 Å². The second-order valence-electron chi connectivity index (χ2n) is 4.45. The zero-order chi connectivity index (χ0) is 13.2. The van der Waals surface area contributed by atoms with E-state index in [-0.39, 0.29) is 5.56 Å². The van der Waals surface area contributed by atoms with Gasteiger partial charge in [0, 0.05) is 19.6 Å². The van der Waals surface area contributed by atoms with Crippen molar-refractivity contribution < 1.29 is 0 Å². The van der Waals surface area contributed by atoms with Crippen LogP contribution in [0.4, 0.5) is 5.82 Å². The smallest absolute Gasteiger partial charge is 0.266 e. The fraction of sp³-hybridized carbons (Fsp3) is 0.231. The lowest BCUT2D eigenvalue weighted by molar-refractivity contribution is 0.764. The number of aromatic nitrogens is 2. The van der Waals surface area contributed by atoms with Crippen molar-refractivity contribution in [2.45, 2.75) is 19.6 Å². The lowest BCUT2D eigenvalue weighted by atomic mass is 10.1. The Morgan fingerprint density at radius 1 is 1.32 bits per heavy atom. The second kappa shape index (κ2) is 5.30. The summed E-state index contributed by atoms with van der Waals surface area (Å²) >= 11 is 2.00. The Labute approximate surface area is 124 Å². The van der Waals surface area contributed by atoms with Crippen molar-refractivity contribution in [3.63, 3.8) is 0 Å². The summed E-state index contributed by atoms with van der Waals surface area (Å²) in [5.41, 5.74) is 3.80. The molecule has 98 valence electrons. The van der Waals surface area contributed by atoms with Gasteiger partial charge in [-0.1, -0.05) is 18.2 Å². The highest BCUT2D eigenvalue weighted by molar-refractivity contribution is 14.1. The molecule has 0 saturated heterocycles. The Hall–Kier alpha value is -1.41. The fourth-order valence-corrected chi connectivity index (χ4v) is 2.64. The van der Waals surface area contributed by atoms with E-state index in [9.17, 15) is 4.79 Å². The molecular weight excluding hydrogens is 355 g/mol. The molecule has 1 aliphatic rings. The Morgan fingerprint density at radius 2 is 2.16 bits per heavy atom. The van der Waals surface area contributed by atoms with Crippen LogP contribution in [0.25, 0.3) is 0 Å². The molecule has 1 aromatic heterocycles. The molecule has 2 heterocycles. The van der Waals surface area contributed by atoms with Crippen LogP contribution in [-0.2, 0) is 19.6 Å². The molecule has 2 aromatic rings. The van der Waals surface area contributed by atoms with Crippen LogP contribution in [0.3, 0.4) is 0 Å². The molecule has 0 bridgehead atoms. The molecule has 1 aliphatic heterocycles. The third-order valence-electron chi connectivity index (χ3n) is 3.16. The third kappa shape index (κ3) is 2.64. The summed E-state index contributed by atoms with van der Waals surface area (Å²) in [6.07, 6.45) is 1.42. The molecular formula is C13H13IN4O. The minimum absolute atomic E-state index is 0.115. The van der Waals surface area contributed by atoms with Gasteiger partial charge in [0.25, 0.3) is 5.56 Å². The van der Waals surface area contributed by atoms with Crippen LogP contribution in [0.1, 0.15) is 16.7 Å². The van der Waals surface area contributed by atoms with Crippen molar-refractivity contribution in [2.75, 3.05) is 5.32 Å². The predicted molar refractivity (Wildman–Crippen MR) is 81.9 cm³/mol. The van der Waals surface area contributed by atoms with Crippen LogP contribution in [0.15, 0.2) is 29.3 Å². The monoisotopic (exact) mass is 368 g/mol. The third-order valence-corrected chi connectivity index (χ3v) is 4.16. The SMILES string of the molecule is O=c1[nH]cnc(NCc2ccc3c(c2)CNC3)c1I. The number of fused-ring (bicyclic) bond motifs is 1. The highest BCUT2D eigenvalue weighted by Gasteiger charge is 2.10. The quantitative estimate of drug-likeness (QED) is 0.720. The van der Waals surface area contributed by atoms with E-state index in [4.69, 9.17) is 0 Å². The minimum Gasteiger partial charge on any atom is -0.365 e. The van der Waals surface area contributed by atoms with Crippen LogP contribution in [0, 0.1) is 3.57 Å². The van der Waals surface area contributed by atoms with Crippen LogP contribution in [0.5, 0.6) is 0 Å². The number of nitrogens with zero attached hydrogens (tertiary/aromatic N) is 1. The number of H-pyrrole nitrogens is 1. The molecule has 0 atom stereocenters. The van der Waals surface area contributed by atoms with Gasteiger partial charge < -0.3 is 15.6 Å². The first-order valence-corrected chi connectivity index (χ1v) is 7.10. The van der Waals surface area contributed by atoms with Gasteiger partial charge >= 0.3 is 0 Å². The largest absolute Gasteiger partial charge is 0.365 e. The molecule has 6 heteroatoms. The van der Waals surface area contributed by atoms with Crippen molar-refractivity contribution in [3.05, 3.63) is 55.1 Å². The van der Waals surface area contributed by atoms with Crippen molar-refractivity contribution in [1.82, 2.24) is 15.3 Å². The van der Waals surface area contributed by atoms with E-state index in [1.54, 1.807) is 0 Å². The summed E-state index contributed by atoms with van der Waals surface area (Å²) in [7, 11) is 0. The normalized spacial score (nSPS) is 13.3. The molecule has 0 fully saturated rings. The summed E-state index contributed by atoms with van der Waals surface area (Å²) in [6, 6.07) is 6.46. The number of benzene rings is 1. The lowest BCUT2D eigenvalue weighted by Crippen LogP contribution is -2.14. The average Bonchev–Trinajstić information content (AvgIpc) is 2.88. The van der Waals surface area contributed by atoms with Gasteiger partial charge in [-0.3, -0.25) is 4.79 Å². The summed E-state index contributed by atoms with van der Waals surface area (Å²) < 4.78 is 0.586. The number of hydrogen-bond donors (Lipinski definition) is 3. The van der Waals surface area contributed by atoms with Crippen LogP contribution >= 0.6 is 22.6 Å². The summed E-state index contributed by atoms with van der Waals surface area (Å²) in [6.45, 7) is 2.56. The van der Waals surface area contributed by atoms with Crippen LogP contribution in [0.2, 0.25) is 0 Å². The first-order chi connectivity index (χ1) is 9.24. The Kier molecular flexibility index (Phi) is 3.52. The molecule has 0 saturated carbocycles. The van der Waals surface area contributed by atoms with Gasteiger partial charge in [-0.15, -0.1) is 0 Å². The highest BCUT2D eigenvalue weighted by atomic mass is 127. The molecule has 0 aliphatic carbocycles. The van der Waals surface area contributed by atoms with Gasteiger partial charge in [-0.05, 0) is 39.3 Å². The number of anilines is 1. The molecule has 3 rings (SSSR count). The molecule has 0 amide bonds. The topological polar surface area (TPSA) is 69.8 Å². The molecule has 0 radical (unpaired) electrons. The molecule has 1 aromatic carbocycles. The van der Waals surface area contributed by atoms with E-state index >= 15 is 0 Å². The summed E-state index contributed by atoms with van der Waals surface area (Å²) in [5.74, 6) is 0.628. The zero-order valence-electron chi connectivity index (χ0n) is 10.2. The maximum atomic E-state index is 11.5. The van der Waals surface area contributed by atoms with E-state index in [1.807, 2.05) is 22.6 Å². The van der Waals surface area contributed by atoms with Gasteiger partial charge in [0.05, 0.1) is 6.33 Å². The van der Waals surface area contributed by atoms with Crippen molar-refractivity contribution in [2.24, 2.45) is 0 Å². The van der Waals surface area contributed by atoms with E-state index < -0.39 is 0 Å². The van der Waals surface area contributed by atoms with Gasteiger partial charge in [0.1, 0.15) is 9.39 Å². The number of rotatable bonds is 3. The first-order valence-electron chi connectivity index (χ1n) is 6.02. The standard InChI is InChI=1S/C13H13IN4O/c14-11-12(17-7-18-13(11)19)16-4-8-1-2-9-5-15-6-10(9)3-8/h1-3,7,15H,4-6H2,(H2,16,17,18,19). The summed E-state index contributed by atoms with van der Waals surface area (Å²) in [5, 5.41) is 6.53. The van der Waals surface area contributed by atoms with Gasteiger partial charge in [-0.25, -0.2) is 4.98 Å². The van der Waals surface area contributed by atoms with Gasteiger partial charge in [0.15, 0.2) is 0 Å². The van der Waals surface area contributed by atoms with E-state index in [0.29, 0.717) is 15.9 Å². The van der Waals surface area contributed by atoms with Crippen LogP contribution in [-0.4, -0.2) is 9.97 Å². The number of hydrogen-bond acceptors (Lipinski definition) is 4. The first kappa shape index (κ1) is 12.6. The maximum absolute atomic E-state index is 11.5. The fourth-order valence-electron chi connectivity index (χ4n) is 2.15. The maximum Gasteiger partial charge on any atom is 0.266 e. The van der Waals surface area contributed by atoms with E-state index in [0.717, 1.165) is 13.1 Å². The van der Waals surface area contributed by atoms with Crippen molar-refractivity contribution in [3.8, 4) is 0 Å². The molecule has 0 spiro atoms. The van der Waals surface area contributed by atoms with Gasteiger partial charge in [0.2, 0.25) is 0 Å². The van der Waals surface area contributed by atoms with E-state index in [1.165, 1.54) is 23.0 Å². The Morgan fingerprint density at radius 3 is 3.05 bits per heavy atom. The Balaban J connectivity index is 1.76. The minimum atomic E-state index is -0.115. The predicted octanol–water partition coefficient (Wildman–Crippen LogP) is 1.59. The molecule has 19 heavy (non-hydrogen) atoms. The molecule has 3 N–H and O–H groups in total. The molecule has 0 unspecified atom stereocenters. The number of aromatic amines is 1. The van der Waals surface area contributed by atoms with Crippen molar-refractivity contribution in [1.29, 1.82) is 0 Å². The van der Waals surface area contributed by atoms with Crippen molar-refractivity contribution >= 4 is 28.4 Å². The Bertz CT molecular complexity index is 668. The lowest BCUT2D eigenvalue weighted by Gasteiger charge is -2.08. The second-order valence-corrected chi connectivity index (χ2v) is 5.53.